The van der Waals surface area contributed by atoms with Gasteiger partial charge in [-0.25, -0.2) is 15.0 Å². The highest BCUT2D eigenvalue weighted by molar-refractivity contribution is 6.09. The summed E-state index contributed by atoms with van der Waals surface area (Å²) in [7, 11) is 0. The second kappa shape index (κ2) is 9.71. The largest absolute Gasteiger partial charge is 0.309 e. The van der Waals surface area contributed by atoms with Crippen molar-refractivity contribution in [2.45, 2.75) is 0 Å². The highest BCUT2D eigenvalue weighted by atomic mass is 15.2. The molecule has 12 aromatic rings. The van der Waals surface area contributed by atoms with Crippen LogP contribution in [0.2, 0.25) is 0 Å². The van der Waals surface area contributed by atoms with Crippen LogP contribution in [0.15, 0.2) is 158 Å². The van der Waals surface area contributed by atoms with Gasteiger partial charge < -0.3 is 4.57 Å². The van der Waals surface area contributed by atoms with Gasteiger partial charge in [0.1, 0.15) is 5.82 Å². The minimum atomic E-state index is 0.811. The zero-order valence-corrected chi connectivity index (χ0v) is 27.1. The summed E-state index contributed by atoms with van der Waals surface area (Å²) in [6.45, 7) is 0. The Morgan fingerprint density at radius 2 is 0.863 bits per heavy atom. The van der Waals surface area contributed by atoms with Gasteiger partial charge in [-0.2, -0.15) is 0 Å². The van der Waals surface area contributed by atoms with Crippen molar-refractivity contribution >= 4 is 77.5 Å². The molecule has 0 amide bonds. The first-order valence-corrected chi connectivity index (χ1v) is 17.1. The standard InChI is InChI=1S/C43H26N8/c1-4-17-33-29(14-1)30-26-44-41(51-39-23-10-9-22-38(39)50-35-19-6-3-16-32(35)46-43(50)51)25-40(30)47(33)27-12-11-13-28(24-27)48-36-20-7-8-21-37(36)49-34-18-5-2-15-31(34)45-42(48)49/h1-26H. The van der Waals surface area contributed by atoms with Crippen LogP contribution in [0.25, 0.3) is 94.7 Å². The van der Waals surface area contributed by atoms with Crippen molar-refractivity contribution in [1.29, 1.82) is 0 Å². The second-order valence-electron chi connectivity index (χ2n) is 13.1. The Balaban J connectivity index is 1.13. The zero-order valence-electron chi connectivity index (χ0n) is 27.1. The molecule has 8 heteroatoms. The van der Waals surface area contributed by atoms with Crippen LogP contribution in [0.5, 0.6) is 0 Å². The number of hydrogen-bond acceptors (Lipinski definition) is 3. The van der Waals surface area contributed by atoms with Crippen LogP contribution in [0.1, 0.15) is 0 Å². The maximum atomic E-state index is 5.13. The molecule has 0 spiro atoms. The normalized spacial score (nSPS) is 12.3. The summed E-state index contributed by atoms with van der Waals surface area (Å²) < 4.78 is 11.3. The van der Waals surface area contributed by atoms with Gasteiger partial charge in [-0.05, 0) is 72.8 Å². The highest BCUT2D eigenvalue weighted by Crippen LogP contribution is 2.36. The maximum Gasteiger partial charge on any atom is 0.221 e. The fourth-order valence-electron chi connectivity index (χ4n) is 8.21. The molecule has 0 bridgehead atoms. The number of para-hydroxylation sites is 9. The average molecular weight is 655 g/mol. The monoisotopic (exact) mass is 654 g/mol. The SMILES string of the molecule is c1cc(-n2c3ccccc3c3cnc(-n4c5ccccc5n5c6ccccc6nc45)cc32)cc(-n2c3ccccc3n3c4ccccc4nc23)c1. The van der Waals surface area contributed by atoms with E-state index >= 15 is 0 Å². The van der Waals surface area contributed by atoms with Crippen molar-refractivity contribution in [3.63, 3.8) is 0 Å². The molecule has 0 N–H and O–H groups in total. The molecule has 0 aliphatic rings. The molecule has 6 aromatic heterocycles. The molecular formula is C43H26N8. The summed E-state index contributed by atoms with van der Waals surface area (Å²) >= 11 is 0. The van der Waals surface area contributed by atoms with E-state index < -0.39 is 0 Å². The van der Waals surface area contributed by atoms with Crippen molar-refractivity contribution in [3.8, 4) is 17.2 Å². The van der Waals surface area contributed by atoms with Crippen molar-refractivity contribution in [2.75, 3.05) is 0 Å². The first kappa shape index (κ1) is 26.7. The van der Waals surface area contributed by atoms with E-state index in [1.807, 2.05) is 18.3 Å². The summed E-state index contributed by atoms with van der Waals surface area (Å²) in [4.78, 5) is 15.3. The molecular weight excluding hydrogens is 629 g/mol. The van der Waals surface area contributed by atoms with Crippen LogP contribution >= 0.6 is 0 Å². The van der Waals surface area contributed by atoms with Gasteiger partial charge >= 0.3 is 0 Å². The molecule has 6 aromatic carbocycles. The number of imidazole rings is 4. The van der Waals surface area contributed by atoms with Gasteiger partial charge in [-0.1, -0.05) is 72.8 Å². The predicted octanol–water partition coefficient (Wildman–Crippen LogP) is 9.67. The maximum absolute atomic E-state index is 5.13. The molecule has 0 fully saturated rings. The molecule has 12 rings (SSSR count). The molecule has 0 saturated carbocycles. The van der Waals surface area contributed by atoms with Crippen LogP contribution < -0.4 is 0 Å². The van der Waals surface area contributed by atoms with Crippen LogP contribution in [-0.2, 0) is 0 Å². The predicted molar refractivity (Wildman–Crippen MR) is 205 cm³/mol. The Labute approximate surface area is 289 Å². The van der Waals surface area contributed by atoms with Gasteiger partial charge in [-0.15, -0.1) is 0 Å². The number of nitrogens with zero attached hydrogens (tertiary/aromatic N) is 8. The van der Waals surface area contributed by atoms with E-state index in [1.165, 1.54) is 0 Å². The molecule has 0 unspecified atom stereocenters. The number of rotatable bonds is 3. The van der Waals surface area contributed by atoms with E-state index in [-0.39, 0.29) is 0 Å². The first-order valence-electron chi connectivity index (χ1n) is 17.1. The fraction of sp³-hybridized carbons (Fsp3) is 0. The summed E-state index contributed by atoms with van der Waals surface area (Å²) in [6, 6.07) is 53.2. The lowest BCUT2D eigenvalue weighted by Gasteiger charge is -2.12. The smallest absolute Gasteiger partial charge is 0.221 e. The average Bonchev–Trinajstić information content (AvgIpc) is 3.97. The molecule has 51 heavy (non-hydrogen) atoms. The van der Waals surface area contributed by atoms with Gasteiger partial charge in [0, 0.05) is 28.7 Å². The lowest BCUT2D eigenvalue weighted by atomic mass is 10.2. The van der Waals surface area contributed by atoms with Gasteiger partial charge in [0.2, 0.25) is 11.6 Å². The third-order valence-corrected chi connectivity index (χ3v) is 10.3. The third-order valence-electron chi connectivity index (χ3n) is 10.3. The minimum absolute atomic E-state index is 0.811. The lowest BCUT2D eigenvalue weighted by molar-refractivity contribution is 1.04. The summed E-state index contributed by atoms with van der Waals surface area (Å²) in [5.74, 6) is 2.54. The Kier molecular flexibility index (Phi) is 5.09. The highest BCUT2D eigenvalue weighted by Gasteiger charge is 2.21. The summed E-state index contributed by atoms with van der Waals surface area (Å²) in [5.41, 5.74) is 12.7. The number of pyridine rings is 1. The Morgan fingerprint density at radius 3 is 1.53 bits per heavy atom. The molecule has 8 nitrogen and oxygen atoms in total. The van der Waals surface area contributed by atoms with Gasteiger partial charge in [0.05, 0.1) is 60.9 Å². The van der Waals surface area contributed by atoms with E-state index in [0.29, 0.717) is 0 Å². The minimum Gasteiger partial charge on any atom is -0.309 e. The van der Waals surface area contributed by atoms with Gasteiger partial charge in [0.25, 0.3) is 0 Å². The van der Waals surface area contributed by atoms with E-state index in [1.54, 1.807) is 0 Å². The quantitative estimate of drug-likeness (QED) is 0.191. The van der Waals surface area contributed by atoms with E-state index in [0.717, 1.165) is 94.7 Å². The molecule has 238 valence electrons. The van der Waals surface area contributed by atoms with Crippen LogP contribution in [0.3, 0.4) is 0 Å². The van der Waals surface area contributed by atoms with Gasteiger partial charge in [-0.3, -0.25) is 17.9 Å². The van der Waals surface area contributed by atoms with Crippen LogP contribution in [-0.4, -0.2) is 37.5 Å². The fourth-order valence-corrected chi connectivity index (χ4v) is 8.21. The van der Waals surface area contributed by atoms with Crippen molar-refractivity contribution in [1.82, 2.24) is 37.5 Å². The third kappa shape index (κ3) is 3.50. The number of benzene rings is 6. The number of aromatic nitrogens is 8. The molecule has 6 heterocycles. The van der Waals surface area contributed by atoms with Crippen molar-refractivity contribution < 1.29 is 0 Å². The topological polar surface area (TPSA) is 62.3 Å². The molecule has 0 atom stereocenters. The van der Waals surface area contributed by atoms with Gasteiger partial charge in [0.15, 0.2) is 0 Å². The van der Waals surface area contributed by atoms with E-state index in [2.05, 4.69) is 162 Å². The van der Waals surface area contributed by atoms with Crippen molar-refractivity contribution in [3.05, 3.63) is 158 Å². The van der Waals surface area contributed by atoms with Crippen LogP contribution in [0.4, 0.5) is 0 Å². The molecule has 0 aliphatic heterocycles. The molecule has 0 saturated heterocycles. The Bertz CT molecular complexity index is 3390. The Morgan fingerprint density at radius 1 is 0.353 bits per heavy atom. The van der Waals surface area contributed by atoms with Crippen LogP contribution in [0, 0.1) is 0 Å². The molecule has 0 radical (unpaired) electrons. The Hall–Kier alpha value is -7.19. The van der Waals surface area contributed by atoms with E-state index in [9.17, 15) is 0 Å². The first-order chi connectivity index (χ1) is 25.3. The lowest BCUT2D eigenvalue weighted by Crippen LogP contribution is -2.01. The van der Waals surface area contributed by atoms with E-state index in [4.69, 9.17) is 15.0 Å². The number of hydrogen-bond donors (Lipinski definition) is 0. The van der Waals surface area contributed by atoms with Crippen molar-refractivity contribution in [2.24, 2.45) is 0 Å². The number of fused-ring (bicyclic) bond motifs is 13. The summed E-state index contributed by atoms with van der Waals surface area (Å²) in [6.07, 6.45) is 2.01. The second-order valence-corrected chi connectivity index (χ2v) is 13.1. The summed E-state index contributed by atoms with van der Waals surface area (Å²) in [5, 5.41) is 2.24. The zero-order chi connectivity index (χ0) is 33.2. The molecule has 0 aliphatic carbocycles.